The van der Waals surface area contributed by atoms with Gasteiger partial charge in [0.05, 0.1) is 36.4 Å². The van der Waals surface area contributed by atoms with Crippen LogP contribution in [0.5, 0.6) is 0 Å². The van der Waals surface area contributed by atoms with Crippen LogP contribution in [0.4, 0.5) is 22.8 Å². The van der Waals surface area contributed by atoms with E-state index in [-0.39, 0.29) is 11.9 Å². The molecule has 6 rings (SSSR count). The molecule has 2 fully saturated rings. The lowest BCUT2D eigenvalue weighted by Crippen LogP contribution is -2.53. The lowest BCUT2D eigenvalue weighted by molar-refractivity contribution is 0.000773. The first-order valence-electron chi connectivity index (χ1n) is 16.3. The summed E-state index contributed by atoms with van der Waals surface area (Å²) in [5.41, 5.74) is 0.382. The van der Waals surface area contributed by atoms with E-state index in [2.05, 4.69) is 19.9 Å². The van der Waals surface area contributed by atoms with Crippen LogP contribution >= 0.6 is 0 Å². The molecule has 13 heteroatoms. The van der Waals surface area contributed by atoms with Crippen LogP contribution < -0.4 is 0 Å². The fraction of sp³-hybridized carbons (Fsp3) is 0.444. The molecule has 2 saturated heterocycles. The molecule has 3 N–H and O–H groups in total. The lowest BCUT2D eigenvalue weighted by atomic mass is 9.71. The van der Waals surface area contributed by atoms with Crippen LogP contribution in [0, 0.1) is 11.2 Å². The molecule has 10 nitrogen and oxygen atoms in total. The second-order valence-corrected chi connectivity index (χ2v) is 14.9. The first kappa shape index (κ1) is 34.1. The monoisotopic (exact) mass is 678 g/mol. The van der Waals surface area contributed by atoms with Crippen molar-refractivity contribution in [2.24, 2.45) is 5.41 Å². The summed E-state index contributed by atoms with van der Waals surface area (Å²) in [6.07, 6.45) is 2.09. The standard InChI is InChI=1S/C36H41F3N6O4/c1-33(2,3)36(19-35(38,39)20-45(36)31(46)47)30-41-17-26(43-30)22-11-9-21(10-12-22)23-13-14-24(25(37)16-23)27-18-40-29(42-27)28-8-7-15-44(28)32(48)49-34(4,5)6/h9-14,16-18,28H,7-8,15,19-20H2,1-6H3,(H,40,42)(H,41,43)(H,46,47)/t28-,36+/m0/s1. The maximum Gasteiger partial charge on any atom is 0.410 e. The Morgan fingerprint density at radius 1 is 0.939 bits per heavy atom. The maximum atomic E-state index is 15.5. The van der Waals surface area contributed by atoms with E-state index >= 15 is 4.39 Å². The van der Waals surface area contributed by atoms with Gasteiger partial charge in [0, 0.05) is 18.5 Å². The average Bonchev–Trinajstić information content (AvgIpc) is 3.81. The Morgan fingerprint density at radius 3 is 2.22 bits per heavy atom. The quantitative estimate of drug-likeness (QED) is 0.194. The van der Waals surface area contributed by atoms with Crippen LogP contribution in [0.1, 0.15) is 78.5 Å². The molecule has 4 aromatic rings. The van der Waals surface area contributed by atoms with E-state index in [4.69, 9.17) is 4.74 Å². The van der Waals surface area contributed by atoms with Crippen molar-refractivity contribution in [3.05, 3.63) is 72.3 Å². The van der Waals surface area contributed by atoms with Gasteiger partial charge >= 0.3 is 12.2 Å². The highest BCUT2D eigenvalue weighted by Crippen LogP contribution is 2.55. The van der Waals surface area contributed by atoms with Crippen molar-refractivity contribution >= 4 is 12.2 Å². The second-order valence-electron chi connectivity index (χ2n) is 14.9. The predicted molar refractivity (Wildman–Crippen MR) is 177 cm³/mol. The zero-order chi connectivity index (χ0) is 35.5. The van der Waals surface area contributed by atoms with Gasteiger partial charge in [0.15, 0.2) is 0 Å². The Bertz CT molecular complexity index is 1870. The number of nitrogens with zero attached hydrogens (tertiary/aromatic N) is 4. The molecular weight excluding hydrogens is 637 g/mol. The number of nitrogens with one attached hydrogen (secondary N) is 2. The molecule has 0 saturated carbocycles. The molecule has 260 valence electrons. The van der Waals surface area contributed by atoms with Crippen LogP contribution in [0.2, 0.25) is 0 Å². The number of benzene rings is 2. The number of carboxylic acid groups (broad SMARTS) is 1. The van der Waals surface area contributed by atoms with Gasteiger partial charge in [-0.15, -0.1) is 0 Å². The number of halogens is 3. The fourth-order valence-electron chi connectivity index (χ4n) is 7.03. The van der Waals surface area contributed by atoms with Crippen molar-refractivity contribution in [3.8, 4) is 33.6 Å². The zero-order valence-electron chi connectivity index (χ0n) is 28.4. The van der Waals surface area contributed by atoms with Gasteiger partial charge in [-0.1, -0.05) is 51.1 Å². The highest BCUT2D eigenvalue weighted by Gasteiger charge is 2.64. The van der Waals surface area contributed by atoms with Gasteiger partial charge in [0.2, 0.25) is 0 Å². The third-order valence-corrected chi connectivity index (χ3v) is 9.38. The van der Waals surface area contributed by atoms with Crippen molar-refractivity contribution in [2.75, 3.05) is 13.1 Å². The third-order valence-electron chi connectivity index (χ3n) is 9.38. The summed E-state index contributed by atoms with van der Waals surface area (Å²) in [5.74, 6) is -2.92. The largest absolute Gasteiger partial charge is 0.465 e. The van der Waals surface area contributed by atoms with E-state index < -0.39 is 53.4 Å². The number of hydrogen-bond acceptors (Lipinski definition) is 5. The van der Waals surface area contributed by atoms with E-state index in [0.29, 0.717) is 40.4 Å². The van der Waals surface area contributed by atoms with Crippen molar-refractivity contribution in [1.29, 1.82) is 0 Å². The summed E-state index contributed by atoms with van der Waals surface area (Å²) in [4.78, 5) is 42.6. The molecule has 0 spiro atoms. The highest BCUT2D eigenvalue weighted by atomic mass is 19.3. The lowest BCUT2D eigenvalue weighted by Gasteiger charge is -2.44. The van der Waals surface area contributed by atoms with Gasteiger partial charge in [0.1, 0.15) is 28.6 Å². The number of ether oxygens (including phenoxy) is 1. The van der Waals surface area contributed by atoms with Gasteiger partial charge in [0.25, 0.3) is 5.92 Å². The maximum absolute atomic E-state index is 15.5. The van der Waals surface area contributed by atoms with Crippen molar-refractivity contribution in [2.45, 2.75) is 83.9 Å². The number of likely N-dealkylation sites (tertiary alicyclic amines) is 2. The van der Waals surface area contributed by atoms with Gasteiger partial charge in [-0.2, -0.15) is 0 Å². The first-order chi connectivity index (χ1) is 22.9. The van der Waals surface area contributed by atoms with Crippen LogP contribution in [-0.4, -0.2) is 71.6 Å². The molecule has 2 aliphatic heterocycles. The Labute approximate surface area is 282 Å². The molecule has 2 aliphatic rings. The van der Waals surface area contributed by atoms with E-state index in [0.717, 1.165) is 23.3 Å². The number of rotatable bonds is 5. The topological polar surface area (TPSA) is 127 Å². The Hall–Kier alpha value is -4.81. The molecule has 2 aromatic heterocycles. The summed E-state index contributed by atoms with van der Waals surface area (Å²) in [5, 5.41) is 9.88. The number of imidazole rings is 2. The number of carbonyl (C=O) groups excluding carboxylic acids is 1. The molecule has 49 heavy (non-hydrogen) atoms. The van der Waals surface area contributed by atoms with Crippen LogP contribution in [0.3, 0.4) is 0 Å². The molecule has 4 heterocycles. The third kappa shape index (κ3) is 6.38. The molecule has 0 unspecified atom stereocenters. The van der Waals surface area contributed by atoms with Crippen LogP contribution in [0.15, 0.2) is 54.9 Å². The molecule has 2 atom stereocenters. The Kier molecular flexibility index (Phi) is 8.31. The number of aromatic nitrogens is 4. The van der Waals surface area contributed by atoms with Crippen molar-refractivity contribution in [3.63, 3.8) is 0 Å². The Balaban J connectivity index is 1.21. The number of hydrogen-bond donors (Lipinski definition) is 3. The number of carbonyl (C=O) groups is 2. The van der Waals surface area contributed by atoms with Gasteiger partial charge < -0.3 is 19.8 Å². The minimum Gasteiger partial charge on any atom is -0.465 e. The van der Waals surface area contributed by atoms with E-state index in [1.165, 1.54) is 12.3 Å². The van der Waals surface area contributed by atoms with Crippen LogP contribution in [0.25, 0.3) is 33.6 Å². The highest BCUT2D eigenvalue weighted by molar-refractivity contribution is 5.73. The molecule has 0 bridgehead atoms. The molecule has 2 aromatic carbocycles. The molecule has 2 amide bonds. The van der Waals surface area contributed by atoms with Gasteiger partial charge in [-0.05, 0) is 67.9 Å². The summed E-state index contributed by atoms with van der Waals surface area (Å²) >= 11 is 0. The van der Waals surface area contributed by atoms with E-state index in [1.807, 2.05) is 32.9 Å². The van der Waals surface area contributed by atoms with Crippen LogP contribution in [-0.2, 0) is 10.3 Å². The summed E-state index contributed by atoms with van der Waals surface area (Å²) < 4.78 is 50.5. The van der Waals surface area contributed by atoms with Gasteiger partial charge in [-0.3, -0.25) is 9.80 Å². The second kappa shape index (κ2) is 12.0. The number of aromatic amines is 2. The smallest absolute Gasteiger partial charge is 0.410 e. The normalized spacial score (nSPS) is 21.0. The predicted octanol–water partition coefficient (Wildman–Crippen LogP) is 8.61. The SMILES string of the molecule is CC(C)(C)OC(=O)N1CCC[C@H]1c1ncc(-c2ccc(-c3ccc(-c4cnc([C@@]5(C(C)(C)C)CC(F)(F)CN5C(=O)O)[nH]4)cc3)cc2F)[nH]1. The van der Waals surface area contributed by atoms with Crippen molar-refractivity contribution in [1.82, 2.24) is 29.7 Å². The number of H-pyrrole nitrogens is 2. The zero-order valence-corrected chi connectivity index (χ0v) is 28.4. The summed E-state index contributed by atoms with van der Waals surface area (Å²) in [7, 11) is 0. The number of amides is 2. The minimum absolute atomic E-state index is 0.156. The first-order valence-corrected chi connectivity index (χ1v) is 16.3. The van der Waals surface area contributed by atoms with Crippen molar-refractivity contribution < 1.29 is 32.6 Å². The average molecular weight is 679 g/mol. The Morgan fingerprint density at radius 2 is 1.59 bits per heavy atom. The number of alkyl halides is 2. The van der Waals surface area contributed by atoms with E-state index in [1.54, 1.807) is 56.1 Å². The molecule has 0 radical (unpaired) electrons. The molecular formula is C36H41F3N6O4. The summed E-state index contributed by atoms with van der Waals surface area (Å²) in [6, 6.07) is 11.9. The fourth-order valence-corrected chi connectivity index (χ4v) is 7.03. The molecule has 0 aliphatic carbocycles. The summed E-state index contributed by atoms with van der Waals surface area (Å²) in [6.45, 7) is 10.3. The van der Waals surface area contributed by atoms with E-state index in [9.17, 15) is 23.5 Å². The van der Waals surface area contributed by atoms with Gasteiger partial charge in [-0.25, -0.2) is 32.7 Å². The minimum atomic E-state index is -3.20.